The van der Waals surface area contributed by atoms with Gasteiger partial charge in [-0.15, -0.1) is 0 Å². The first kappa shape index (κ1) is 63.7. The van der Waals surface area contributed by atoms with E-state index in [9.17, 15) is 34.5 Å². The Bertz CT molecular complexity index is 1390. The van der Waals surface area contributed by atoms with Gasteiger partial charge in [0.05, 0.1) is 6.61 Å². The van der Waals surface area contributed by atoms with Gasteiger partial charge in [-0.25, -0.2) is 4.79 Å². The molecule has 12 nitrogen and oxygen atoms in total. The van der Waals surface area contributed by atoms with Crippen molar-refractivity contribution < 1.29 is 58.2 Å². The molecule has 398 valence electrons. The molecule has 0 aliphatic carbocycles. The Morgan fingerprint density at radius 2 is 0.913 bits per heavy atom. The van der Waals surface area contributed by atoms with E-state index >= 15 is 0 Å². The first-order valence-corrected chi connectivity index (χ1v) is 27.6. The standard InChI is InChI=1S/C57H98O12/c1-4-7-10-13-16-19-21-22-23-24-25-26-27-28-30-32-34-37-40-43-49(58)65-46-48(67-50(59)44-41-38-35-31-18-15-12-9-6-3)47-66-57-55(53(62)52(61)54(69-57)56(63)64)68-51(60)45-42-39-36-33-29-20-17-14-11-8-5-2/h7,10,16,19,22-23,25-26,48,52-55,57,61-62H,4-6,8-9,11-15,17-18,20-21,24,27-47H2,1-3H3,(H,63,64)/b10-7-,19-16-,23-22-,26-25-. The molecule has 1 rings (SSSR count). The van der Waals surface area contributed by atoms with Crippen molar-refractivity contribution in [2.24, 2.45) is 0 Å². The van der Waals surface area contributed by atoms with Crippen molar-refractivity contribution in [3.05, 3.63) is 48.6 Å². The average molecular weight is 975 g/mol. The van der Waals surface area contributed by atoms with E-state index < -0.39 is 67.3 Å². The first-order valence-electron chi connectivity index (χ1n) is 27.6. The second kappa shape index (κ2) is 45.8. The van der Waals surface area contributed by atoms with Crippen LogP contribution in [0.4, 0.5) is 0 Å². The highest BCUT2D eigenvalue weighted by molar-refractivity contribution is 5.74. The number of hydrogen-bond donors (Lipinski definition) is 3. The Hall–Kier alpha value is -3.32. The predicted molar refractivity (Wildman–Crippen MR) is 276 cm³/mol. The van der Waals surface area contributed by atoms with Crippen molar-refractivity contribution in [2.45, 2.75) is 276 Å². The molecule has 0 saturated carbocycles. The van der Waals surface area contributed by atoms with Crippen LogP contribution in [0.2, 0.25) is 0 Å². The zero-order valence-corrected chi connectivity index (χ0v) is 43.6. The predicted octanol–water partition coefficient (Wildman–Crippen LogP) is 13.4. The molecule has 6 unspecified atom stereocenters. The molecule has 0 radical (unpaired) electrons. The Balaban J connectivity index is 2.66. The molecule has 1 fully saturated rings. The third kappa shape index (κ3) is 36.3. The smallest absolute Gasteiger partial charge is 0.335 e. The fourth-order valence-corrected chi connectivity index (χ4v) is 8.18. The molecule has 6 atom stereocenters. The van der Waals surface area contributed by atoms with Gasteiger partial charge in [0.25, 0.3) is 0 Å². The van der Waals surface area contributed by atoms with Crippen molar-refractivity contribution in [1.29, 1.82) is 0 Å². The third-order valence-corrected chi connectivity index (χ3v) is 12.4. The molecule has 0 spiro atoms. The average Bonchev–Trinajstić information content (AvgIpc) is 3.33. The van der Waals surface area contributed by atoms with Crippen LogP contribution in [0.15, 0.2) is 48.6 Å². The van der Waals surface area contributed by atoms with Gasteiger partial charge < -0.3 is 39.0 Å². The van der Waals surface area contributed by atoms with Gasteiger partial charge in [0.15, 0.2) is 24.6 Å². The molecule has 1 aliphatic rings. The number of carbonyl (C=O) groups is 4. The number of aliphatic hydroxyl groups is 2. The van der Waals surface area contributed by atoms with Gasteiger partial charge in [-0.1, -0.05) is 211 Å². The van der Waals surface area contributed by atoms with Crippen LogP contribution in [0.5, 0.6) is 0 Å². The van der Waals surface area contributed by atoms with Crippen molar-refractivity contribution in [3.8, 4) is 0 Å². The van der Waals surface area contributed by atoms with E-state index in [0.29, 0.717) is 19.3 Å². The van der Waals surface area contributed by atoms with Crippen LogP contribution in [0, 0.1) is 0 Å². The normalized spacial score (nSPS) is 19.0. The topological polar surface area (TPSA) is 175 Å². The molecule has 12 heteroatoms. The molecule has 0 aromatic heterocycles. The van der Waals surface area contributed by atoms with E-state index in [2.05, 4.69) is 69.4 Å². The van der Waals surface area contributed by atoms with Gasteiger partial charge >= 0.3 is 23.9 Å². The van der Waals surface area contributed by atoms with Crippen molar-refractivity contribution >= 4 is 23.9 Å². The molecule has 69 heavy (non-hydrogen) atoms. The van der Waals surface area contributed by atoms with Crippen LogP contribution in [-0.4, -0.2) is 89.2 Å². The van der Waals surface area contributed by atoms with E-state index in [-0.39, 0.29) is 25.9 Å². The monoisotopic (exact) mass is 975 g/mol. The van der Waals surface area contributed by atoms with Crippen molar-refractivity contribution in [2.75, 3.05) is 13.2 Å². The van der Waals surface area contributed by atoms with Gasteiger partial charge in [-0.3, -0.25) is 14.4 Å². The summed E-state index contributed by atoms with van der Waals surface area (Å²) in [6.07, 6.45) is 41.1. The summed E-state index contributed by atoms with van der Waals surface area (Å²) in [6.45, 7) is 5.82. The largest absolute Gasteiger partial charge is 0.479 e. The number of aliphatic carboxylic acids is 1. The fraction of sp³-hybridized carbons (Fsp3) is 0.789. The molecule has 0 aromatic rings. The number of ether oxygens (including phenoxy) is 5. The second-order valence-corrected chi connectivity index (χ2v) is 18.9. The molecule has 1 heterocycles. The molecule has 3 N–H and O–H groups in total. The molecule has 0 aromatic carbocycles. The second-order valence-electron chi connectivity index (χ2n) is 18.9. The Labute approximate surface area is 418 Å². The Morgan fingerprint density at radius 1 is 0.493 bits per heavy atom. The van der Waals surface area contributed by atoms with Gasteiger partial charge in [-0.05, 0) is 57.8 Å². The van der Waals surface area contributed by atoms with E-state index in [4.69, 9.17) is 23.7 Å². The lowest BCUT2D eigenvalue weighted by Gasteiger charge is -2.40. The number of unbranched alkanes of at least 4 members (excludes halogenated alkanes) is 24. The van der Waals surface area contributed by atoms with Gasteiger partial charge in [0.2, 0.25) is 0 Å². The summed E-state index contributed by atoms with van der Waals surface area (Å²) in [7, 11) is 0. The van der Waals surface area contributed by atoms with E-state index in [1.165, 1.54) is 70.6 Å². The lowest BCUT2D eigenvalue weighted by Crippen LogP contribution is -2.61. The lowest BCUT2D eigenvalue weighted by molar-refractivity contribution is -0.301. The number of carboxylic acids is 1. The van der Waals surface area contributed by atoms with Gasteiger partial charge in [0, 0.05) is 19.3 Å². The van der Waals surface area contributed by atoms with Crippen LogP contribution in [-0.2, 0) is 42.9 Å². The fourth-order valence-electron chi connectivity index (χ4n) is 8.18. The summed E-state index contributed by atoms with van der Waals surface area (Å²) >= 11 is 0. The van der Waals surface area contributed by atoms with Crippen LogP contribution in [0.1, 0.15) is 239 Å². The Morgan fingerprint density at radius 3 is 1.39 bits per heavy atom. The molecule has 0 bridgehead atoms. The maximum Gasteiger partial charge on any atom is 0.335 e. The molecule has 1 saturated heterocycles. The van der Waals surface area contributed by atoms with Crippen LogP contribution in [0.25, 0.3) is 0 Å². The number of aliphatic hydroxyl groups excluding tert-OH is 2. The summed E-state index contributed by atoms with van der Waals surface area (Å²) < 4.78 is 28.3. The highest BCUT2D eigenvalue weighted by atomic mass is 16.7. The van der Waals surface area contributed by atoms with Crippen LogP contribution in [0.3, 0.4) is 0 Å². The Kier molecular flexibility index (Phi) is 42.3. The first-order chi connectivity index (χ1) is 33.6. The zero-order chi connectivity index (χ0) is 50.4. The number of rotatable bonds is 46. The van der Waals surface area contributed by atoms with Crippen molar-refractivity contribution in [3.63, 3.8) is 0 Å². The highest BCUT2D eigenvalue weighted by Crippen LogP contribution is 2.26. The summed E-state index contributed by atoms with van der Waals surface area (Å²) in [5.41, 5.74) is 0. The molecular weight excluding hydrogens is 877 g/mol. The zero-order valence-electron chi connectivity index (χ0n) is 43.6. The number of carboxylic acid groups (broad SMARTS) is 1. The summed E-state index contributed by atoms with van der Waals surface area (Å²) in [4.78, 5) is 50.8. The number of carbonyl (C=O) groups excluding carboxylic acids is 3. The molecule has 0 amide bonds. The minimum absolute atomic E-state index is 0.0626. The van der Waals surface area contributed by atoms with Crippen LogP contribution < -0.4 is 0 Å². The van der Waals surface area contributed by atoms with Crippen molar-refractivity contribution in [1.82, 2.24) is 0 Å². The summed E-state index contributed by atoms with van der Waals surface area (Å²) in [5, 5.41) is 31.3. The maximum atomic E-state index is 13.0. The quantitative estimate of drug-likeness (QED) is 0.0228. The number of allylic oxidation sites excluding steroid dienone is 8. The van der Waals surface area contributed by atoms with Gasteiger partial charge in [0.1, 0.15) is 18.8 Å². The van der Waals surface area contributed by atoms with E-state index in [1.54, 1.807) is 0 Å². The number of hydrogen-bond acceptors (Lipinski definition) is 11. The van der Waals surface area contributed by atoms with E-state index in [1.807, 2.05) is 0 Å². The summed E-state index contributed by atoms with van der Waals surface area (Å²) in [6, 6.07) is 0. The minimum atomic E-state index is -1.90. The van der Waals surface area contributed by atoms with E-state index in [0.717, 1.165) is 109 Å². The molecule has 1 aliphatic heterocycles. The summed E-state index contributed by atoms with van der Waals surface area (Å²) in [5.74, 6) is -3.13. The van der Waals surface area contributed by atoms with Gasteiger partial charge in [-0.2, -0.15) is 0 Å². The highest BCUT2D eigenvalue weighted by Gasteiger charge is 2.50. The SMILES string of the molecule is CC/C=C\C/C=C\C/C=C\C/C=C\CCCCCCCCC(=O)OCC(COC1OC(C(=O)O)C(O)C(O)C1OC(=O)CCCCCCCCCCCCC)OC(=O)CCCCCCCCCCC. The maximum absolute atomic E-state index is 13.0. The lowest BCUT2D eigenvalue weighted by atomic mass is 9.98. The minimum Gasteiger partial charge on any atom is -0.479 e. The number of esters is 3. The van der Waals surface area contributed by atoms with Crippen LogP contribution >= 0.6 is 0 Å². The third-order valence-electron chi connectivity index (χ3n) is 12.4. The molecular formula is C57H98O12.